The number of halogens is 1. The van der Waals surface area contributed by atoms with Crippen LogP contribution < -0.4 is 10.1 Å². The molecular weight excluding hydrogens is 288 g/mol. The van der Waals surface area contributed by atoms with Gasteiger partial charge in [-0.3, -0.25) is 9.78 Å². The van der Waals surface area contributed by atoms with Crippen LogP contribution in [0, 0.1) is 6.92 Å². The van der Waals surface area contributed by atoms with E-state index in [4.69, 9.17) is 16.3 Å². The highest BCUT2D eigenvalue weighted by Crippen LogP contribution is 2.20. The Kier molecular flexibility index (Phi) is 5.58. The van der Waals surface area contributed by atoms with E-state index in [1.54, 1.807) is 18.3 Å². The predicted octanol–water partition coefficient (Wildman–Crippen LogP) is 2.78. The lowest BCUT2D eigenvalue weighted by atomic mass is 10.2. The number of hydrogen-bond acceptors (Lipinski definition) is 3. The zero-order valence-electron chi connectivity index (χ0n) is 11.8. The summed E-state index contributed by atoms with van der Waals surface area (Å²) in [7, 11) is 0. The monoisotopic (exact) mass is 304 g/mol. The molecule has 1 amide bonds. The molecular formula is C16H17ClN2O2. The molecule has 0 aliphatic heterocycles. The summed E-state index contributed by atoms with van der Waals surface area (Å²) in [6.07, 6.45) is 2.44. The van der Waals surface area contributed by atoms with Gasteiger partial charge in [-0.15, -0.1) is 0 Å². The van der Waals surface area contributed by atoms with Crippen molar-refractivity contribution in [1.29, 1.82) is 0 Å². The molecule has 0 fully saturated rings. The van der Waals surface area contributed by atoms with Gasteiger partial charge in [0.25, 0.3) is 5.91 Å². The van der Waals surface area contributed by atoms with Crippen molar-refractivity contribution in [2.45, 2.75) is 13.3 Å². The lowest BCUT2D eigenvalue weighted by Gasteiger charge is -2.08. The molecule has 110 valence electrons. The third kappa shape index (κ3) is 5.08. The van der Waals surface area contributed by atoms with E-state index >= 15 is 0 Å². The van der Waals surface area contributed by atoms with Crippen LogP contribution in [0.5, 0.6) is 5.75 Å². The summed E-state index contributed by atoms with van der Waals surface area (Å²) in [5, 5.41) is 3.48. The summed E-state index contributed by atoms with van der Waals surface area (Å²) in [5.41, 5.74) is 1.87. The molecule has 2 rings (SSSR count). The van der Waals surface area contributed by atoms with Crippen LogP contribution in [-0.4, -0.2) is 24.0 Å². The minimum absolute atomic E-state index is 0.0106. The average molecular weight is 305 g/mol. The molecule has 0 atom stereocenters. The number of benzene rings is 1. The number of ether oxygens (including phenoxy) is 1. The van der Waals surface area contributed by atoms with E-state index in [2.05, 4.69) is 10.3 Å². The fraction of sp³-hybridized carbons (Fsp3) is 0.250. The summed E-state index contributed by atoms with van der Waals surface area (Å²) < 4.78 is 5.42. The van der Waals surface area contributed by atoms with Crippen LogP contribution in [0.4, 0.5) is 0 Å². The van der Waals surface area contributed by atoms with Crippen LogP contribution in [-0.2, 0) is 11.2 Å². The van der Waals surface area contributed by atoms with Gasteiger partial charge in [0.2, 0.25) is 0 Å². The Balaban J connectivity index is 1.71. The van der Waals surface area contributed by atoms with Crippen molar-refractivity contribution in [1.82, 2.24) is 10.3 Å². The molecule has 2 aromatic rings. The van der Waals surface area contributed by atoms with Crippen LogP contribution in [0.25, 0.3) is 0 Å². The zero-order valence-corrected chi connectivity index (χ0v) is 12.6. The number of aromatic nitrogens is 1. The van der Waals surface area contributed by atoms with Gasteiger partial charge in [0.1, 0.15) is 5.75 Å². The van der Waals surface area contributed by atoms with Crippen molar-refractivity contribution in [2.75, 3.05) is 13.2 Å². The lowest BCUT2D eigenvalue weighted by Crippen LogP contribution is -2.30. The predicted molar refractivity (Wildman–Crippen MR) is 82.6 cm³/mol. The van der Waals surface area contributed by atoms with Crippen molar-refractivity contribution in [3.05, 3.63) is 58.9 Å². The second kappa shape index (κ2) is 7.64. The first-order chi connectivity index (χ1) is 10.1. The van der Waals surface area contributed by atoms with E-state index < -0.39 is 0 Å². The number of amides is 1. The number of carbonyl (C=O) groups is 1. The normalized spacial score (nSPS) is 10.2. The Hall–Kier alpha value is -2.07. The highest BCUT2D eigenvalue weighted by atomic mass is 35.5. The quantitative estimate of drug-likeness (QED) is 0.893. The summed E-state index contributed by atoms with van der Waals surface area (Å²) in [6.45, 7) is 2.42. The van der Waals surface area contributed by atoms with Crippen molar-refractivity contribution >= 4 is 17.5 Å². The molecule has 0 bridgehead atoms. The lowest BCUT2D eigenvalue weighted by molar-refractivity contribution is -0.123. The van der Waals surface area contributed by atoms with Gasteiger partial charge in [-0.2, -0.15) is 0 Å². The zero-order chi connectivity index (χ0) is 15.1. The van der Waals surface area contributed by atoms with Crippen LogP contribution in [0.2, 0.25) is 5.02 Å². The average Bonchev–Trinajstić information content (AvgIpc) is 2.49. The van der Waals surface area contributed by atoms with Gasteiger partial charge in [-0.05, 0) is 42.8 Å². The minimum Gasteiger partial charge on any atom is -0.484 e. The molecule has 1 heterocycles. The maximum atomic E-state index is 11.7. The minimum atomic E-state index is -0.154. The van der Waals surface area contributed by atoms with Gasteiger partial charge in [0.05, 0.1) is 0 Å². The molecule has 0 spiro atoms. The molecule has 0 aliphatic carbocycles. The first-order valence-electron chi connectivity index (χ1n) is 6.71. The molecule has 1 aromatic carbocycles. The van der Waals surface area contributed by atoms with Gasteiger partial charge in [0.15, 0.2) is 6.61 Å². The third-order valence-electron chi connectivity index (χ3n) is 2.93. The molecule has 0 radical (unpaired) electrons. The standard InChI is InChI=1S/C16H17ClN2O2/c1-12-10-14(5-6-15(12)17)21-11-16(20)19-9-7-13-4-2-3-8-18-13/h2-6,8,10H,7,9,11H2,1H3,(H,19,20). The number of nitrogens with one attached hydrogen (secondary N) is 1. The molecule has 0 saturated carbocycles. The Morgan fingerprint density at radius 2 is 2.19 bits per heavy atom. The van der Waals surface area contributed by atoms with E-state index in [0.717, 1.165) is 11.3 Å². The Morgan fingerprint density at radius 1 is 1.33 bits per heavy atom. The largest absolute Gasteiger partial charge is 0.484 e. The van der Waals surface area contributed by atoms with Crippen molar-refractivity contribution in [3.8, 4) is 5.75 Å². The first-order valence-corrected chi connectivity index (χ1v) is 7.08. The topological polar surface area (TPSA) is 51.2 Å². The molecule has 1 aromatic heterocycles. The molecule has 0 aliphatic rings. The van der Waals surface area contributed by atoms with Crippen LogP contribution in [0.15, 0.2) is 42.6 Å². The molecule has 1 N–H and O–H groups in total. The smallest absolute Gasteiger partial charge is 0.257 e. The molecule has 21 heavy (non-hydrogen) atoms. The van der Waals surface area contributed by atoms with E-state index in [9.17, 15) is 4.79 Å². The summed E-state index contributed by atoms with van der Waals surface area (Å²) in [6, 6.07) is 11.0. The number of rotatable bonds is 6. The van der Waals surface area contributed by atoms with E-state index in [-0.39, 0.29) is 12.5 Å². The number of pyridine rings is 1. The summed E-state index contributed by atoms with van der Waals surface area (Å²) in [4.78, 5) is 15.9. The van der Waals surface area contributed by atoms with Crippen molar-refractivity contribution < 1.29 is 9.53 Å². The van der Waals surface area contributed by atoms with E-state index in [0.29, 0.717) is 23.7 Å². The highest BCUT2D eigenvalue weighted by molar-refractivity contribution is 6.31. The maximum Gasteiger partial charge on any atom is 0.257 e. The third-order valence-corrected chi connectivity index (χ3v) is 3.35. The summed E-state index contributed by atoms with van der Waals surface area (Å²) >= 11 is 5.93. The second-order valence-electron chi connectivity index (χ2n) is 4.62. The van der Waals surface area contributed by atoms with Crippen LogP contribution in [0.1, 0.15) is 11.3 Å². The van der Waals surface area contributed by atoms with Crippen LogP contribution >= 0.6 is 11.6 Å². The summed E-state index contributed by atoms with van der Waals surface area (Å²) in [5.74, 6) is 0.482. The van der Waals surface area contributed by atoms with E-state index in [1.807, 2.05) is 31.2 Å². The molecule has 0 unspecified atom stereocenters. The number of aryl methyl sites for hydroxylation is 1. The van der Waals surface area contributed by atoms with E-state index in [1.165, 1.54) is 0 Å². The van der Waals surface area contributed by atoms with Gasteiger partial charge < -0.3 is 10.1 Å². The fourth-order valence-corrected chi connectivity index (χ4v) is 1.90. The van der Waals surface area contributed by atoms with Crippen molar-refractivity contribution in [2.24, 2.45) is 0 Å². The second-order valence-corrected chi connectivity index (χ2v) is 5.03. The number of nitrogens with zero attached hydrogens (tertiary/aromatic N) is 1. The molecule has 4 nitrogen and oxygen atoms in total. The Labute approximate surface area is 129 Å². The van der Waals surface area contributed by atoms with Crippen LogP contribution in [0.3, 0.4) is 0 Å². The number of carbonyl (C=O) groups excluding carboxylic acids is 1. The van der Waals surface area contributed by atoms with Gasteiger partial charge in [-0.1, -0.05) is 17.7 Å². The van der Waals surface area contributed by atoms with Gasteiger partial charge in [0, 0.05) is 29.9 Å². The first kappa shape index (κ1) is 15.3. The Morgan fingerprint density at radius 3 is 2.90 bits per heavy atom. The van der Waals surface area contributed by atoms with Gasteiger partial charge in [-0.25, -0.2) is 0 Å². The van der Waals surface area contributed by atoms with Crippen molar-refractivity contribution in [3.63, 3.8) is 0 Å². The maximum absolute atomic E-state index is 11.7. The van der Waals surface area contributed by atoms with Gasteiger partial charge >= 0.3 is 0 Å². The Bertz CT molecular complexity index is 602. The number of hydrogen-bond donors (Lipinski definition) is 1. The molecule has 5 heteroatoms. The molecule has 0 saturated heterocycles. The SMILES string of the molecule is Cc1cc(OCC(=O)NCCc2ccccn2)ccc1Cl. The highest BCUT2D eigenvalue weighted by Gasteiger charge is 2.04. The fourth-order valence-electron chi connectivity index (χ4n) is 1.78.